The highest BCUT2D eigenvalue weighted by Crippen LogP contribution is 2.33. The van der Waals surface area contributed by atoms with Gasteiger partial charge in [-0.05, 0) is 31.7 Å². The van der Waals surface area contributed by atoms with E-state index in [1.165, 1.54) is 6.42 Å². The van der Waals surface area contributed by atoms with E-state index in [1.54, 1.807) is 0 Å². The van der Waals surface area contributed by atoms with Crippen molar-refractivity contribution in [1.82, 2.24) is 20.5 Å². The lowest BCUT2D eigenvalue weighted by Crippen LogP contribution is -2.47. The molecule has 2 N–H and O–H groups in total. The fourth-order valence-electron chi connectivity index (χ4n) is 5.63. The zero-order valence-electron chi connectivity index (χ0n) is 21.0. The van der Waals surface area contributed by atoms with Crippen molar-refractivity contribution in [3.63, 3.8) is 0 Å². The van der Waals surface area contributed by atoms with Crippen molar-refractivity contribution in [3.05, 3.63) is 65.2 Å². The molecule has 1 aliphatic heterocycles. The highest BCUT2D eigenvalue weighted by Gasteiger charge is 2.28. The molecule has 6 nitrogen and oxygen atoms in total. The van der Waals surface area contributed by atoms with Crippen LogP contribution in [0.3, 0.4) is 0 Å². The maximum absolute atomic E-state index is 14.5. The molecule has 194 valence electrons. The Bertz CT molecular complexity index is 1310. The summed E-state index contributed by atoms with van der Waals surface area (Å²) in [5, 5.41) is 6.26. The second-order valence-electron chi connectivity index (χ2n) is 10.2. The Balaban J connectivity index is 1.66. The van der Waals surface area contributed by atoms with Gasteiger partial charge in [0.1, 0.15) is 0 Å². The highest BCUT2D eigenvalue weighted by molar-refractivity contribution is 6.09. The minimum absolute atomic E-state index is 0.0601. The number of fused-ring (bicyclic) bond motifs is 1. The van der Waals surface area contributed by atoms with E-state index in [0.717, 1.165) is 43.4 Å². The second kappa shape index (κ2) is 10.9. The fourth-order valence-corrected chi connectivity index (χ4v) is 5.63. The third kappa shape index (κ3) is 5.49. The molecule has 5 rings (SSSR count). The summed E-state index contributed by atoms with van der Waals surface area (Å²) in [6, 6.07) is 11.4. The Kier molecular flexibility index (Phi) is 7.46. The van der Waals surface area contributed by atoms with Crippen LogP contribution in [0.1, 0.15) is 54.9 Å². The summed E-state index contributed by atoms with van der Waals surface area (Å²) in [6.07, 6.45) is 5.62. The van der Waals surface area contributed by atoms with E-state index in [0.29, 0.717) is 30.3 Å². The zero-order valence-corrected chi connectivity index (χ0v) is 21.0. The molecule has 8 heteroatoms. The molecule has 1 saturated heterocycles. The Morgan fingerprint density at radius 1 is 1.14 bits per heavy atom. The lowest BCUT2D eigenvalue weighted by molar-refractivity contribution is -0.124. The molecule has 0 radical (unpaired) electrons. The molecule has 1 atom stereocenters. The molecule has 1 aliphatic carbocycles. The predicted octanol–water partition coefficient (Wildman–Crippen LogP) is 4.81. The SMILES string of the molecule is C[C@H](NC(=O)c1c(CN2CCNC(=O)C2)c(-c2ccccc2)nc2cc(F)c(F)cc12)C1CCCCC1. The quantitative estimate of drug-likeness (QED) is 0.503. The van der Waals surface area contributed by atoms with Crippen LogP contribution < -0.4 is 10.6 Å². The van der Waals surface area contributed by atoms with E-state index in [1.807, 2.05) is 42.2 Å². The van der Waals surface area contributed by atoms with Gasteiger partial charge in [0.25, 0.3) is 5.91 Å². The Labute approximate surface area is 215 Å². The predicted molar refractivity (Wildman–Crippen MR) is 139 cm³/mol. The lowest BCUT2D eigenvalue weighted by atomic mass is 9.84. The van der Waals surface area contributed by atoms with Crippen LogP contribution in [0, 0.1) is 17.6 Å². The van der Waals surface area contributed by atoms with Crippen molar-refractivity contribution in [2.45, 2.75) is 51.6 Å². The number of piperazine rings is 1. The van der Waals surface area contributed by atoms with Crippen LogP contribution in [0.4, 0.5) is 8.78 Å². The molecule has 0 spiro atoms. The van der Waals surface area contributed by atoms with Crippen LogP contribution in [0.5, 0.6) is 0 Å². The van der Waals surface area contributed by atoms with Gasteiger partial charge in [-0.2, -0.15) is 0 Å². The minimum atomic E-state index is -1.03. The molecule has 0 bridgehead atoms. The van der Waals surface area contributed by atoms with Crippen LogP contribution in [-0.2, 0) is 11.3 Å². The fraction of sp³-hybridized carbons (Fsp3) is 0.414. The summed E-state index contributed by atoms with van der Waals surface area (Å²) in [5.74, 6) is -2.08. The van der Waals surface area contributed by atoms with Gasteiger partial charge in [0.05, 0.1) is 23.3 Å². The highest BCUT2D eigenvalue weighted by atomic mass is 19.2. The molecule has 3 aromatic rings. The van der Waals surface area contributed by atoms with Crippen LogP contribution in [0.2, 0.25) is 0 Å². The molecule has 2 aromatic carbocycles. The molecule has 37 heavy (non-hydrogen) atoms. The van der Waals surface area contributed by atoms with E-state index in [9.17, 15) is 18.4 Å². The van der Waals surface area contributed by atoms with E-state index in [4.69, 9.17) is 4.98 Å². The first-order valence-electron chi connectivity index (χ1n) is 13.1. The molecule has 0 unspecified atom stereocenters. The van der Waals surface area contributed by atoms with E-state index >= 15 is 0 Å². The molecule has 2 amide bonds. The average molecular weight is 507 g/mol. The number of pyridine rings is 1. The first kappa shape index (κ1) is 25.3. The number of rotatable bonds is 6. The monoisotopic (exact) mass is 506 g/mol. The lowest BCUT2D eigenvalue weighted by Gasteiger charge is -2.30. The Morgan fingerprint density at radius 3 is 2.59 bits per heavy atom. The second-order valence-corrected chi connectivity index (χ2v) is 10.2. The van der Waals surface area contributed by atoms with Gasteiger partial charge in [0.15, 0.2) is 11.6 Å². The summed E-state index contributed by atoms with van der Waals surface area (Å²) in [4.78, 5) is 32.8. The average Bonchev–Trinajstić information content (AvgIpc) is 2.90. The van der Waals surface area contributed by atoms with E-state index in [2.05, 4.69) is 10.6 Å². The maximum atomic E-state index is 14.5. The third-order valence-corrected chi connectivity index (χ3v) is 7.62. The van der Waals surface area contributed by atoms with Crippen molar-refractivity contribution in [2.24, 2.45) is 5.92 Å². The molecule has 2 heterocycles. The number of nitrogens with zero attached hydrogens (tertiary/aromatic N) is 2. The number of benzene rings is 2. The summed E-state index contributed by atoms with van der Waals surface area (Å²) in [7, 11) is 0. The van der Waals surface area contributed by atoms with Crippen LogP contribution in [0.15, 0.2) is 42.5 Å². The topological polar surface area (TPSA) is 74.3 Å². The number of halogens is 2. The molecular formula is C29H32F2N4O2. The van der Waals surface area contributed by atoms with Crippen molar-refractivity contribution in [2.75, 3.05) is 19.6 Å². The van der Waals surface area contributed by atoms with Gasteiger partial charge in [-0.1, -0.05) is 49.6 Å². The smallest absolute Gasteiger partial charge is 0.252 e. The Hall–Kier alpha value is -3.39. The number of carbonyl (C=O) groups excluding carboxylic acids is 2. The third-order valence-electron chi connectivity index (χ3n) is 7.62. The van der Waals surface area contributed by atoms with Crippen LogP contribution in [-0.4, -0.2) is 47.4 Å². The number of amides is 2. The van der Waals surface area contributed by atoms with Crippen LogP contribution in [0.25, 0.3) is 22.2 Å². The molecule has 2 fully saturated rings. The van der Waals surface area contributed by atoms with Gasteiger partial charge in [0.2, 0.25) is 5.91 Å². The zero-order chi connectivity index (χ0) is 25.9. The van der Waals surface area contributed by atoms with Gasteiger partial charge in [-0.3, -0.25) is 14.5 Å². The first-order valence-corrected chi connectivity index (χ1v) is 13.1. The van der Waals surface area contributed by atoms with Crippen molar-refractivity contribution in [1.29, 1.82) is 0 Å². The summed E-state index contributed by atoms with van der Waals surface area (Å²) < 4.78 is 28.8. The van der Waals surface area contributed by atoms with Gasteiger partial charge < -0.3 is 10.6 Å². The van der Waals surface area contributed by atoms with E-state index in [-0.39, 0.29) is 47.4 Å². The first-order chi connectivity index (χ1) is 17.9. The summed E-state index contributed by atoms with van der Waals surface area (Å²) in [5.41, 5.74) is 2.40. The van der Waals surface area contributed by atoms with Gasteiger partial charge >= 0.3 is 0 Å². The molecular weight excluding hydrogens is 474 g/mol. The van der Waals surface area contributed by atoms with Crippen molar-refractivity contribution < 1.29 is 18.4 Å². The van der Waals surface area contributed by atoms with Gasteiger partial charge in [-0.15, -0.1) is 0 Å². The molecule has 2 aliphatic rings. The number of nitrogens with one attached hydrogen (secondary N) is 2. The van der Waals surface area contributed by atoms with E-state index < -0.39 is 11.6 Å². The summed E-state index contributed by atoms with van der Waals surface area (Å²) >= 11 is 0. The molecule has 1 aromatic heterocycles. The molecule has 1 saturated carbocycles. The Morgan fingerprint density at radius 2 is 1.86 bits per heavy atom. The normalized spacial score (nSPS) is 18.0. The number of hydrogen-bond donors (Lipinski definition) is 2. The number of aromatic nitrogens is 1. The van der Waals surface area contributed by atoms with Gasteiger partial charge in [0, 0.05) is 48.3 Å². The van der Waals surface area contributed by atoms with Gasteiger partial charge in [-0.25, -0.2) is 13.8 Å². The van der Waals surface area contributed by atoms with Crippen molar-refractivity contribution >= 4 is 22.7 Å². The number of hydrogen-bond acceptors (Lipinski definition) is 4. The van der Waals surface area contributed by atoms with Crippen molar-refractivity contribution in [3.8, 4) is 11.3 Å². The van der Waals surface area contributed by atoms with Crippen LogP contribution >= 0.6 is 0 Å². The number of carbonyl (C=O) groups is 2. The maximum Gasteiger partial charge on any atom is 0.252 e. The standard InChI is InChI=1S/C29H32F2N4O2/c1-18(19-8-4-2-5-9-19)33-29(37)27-21-14-23(30)24(31)15-25(21)34-28(20-10-6-3-7-11-20)22(27)16-35-13-12-32-26(36)17-35/h3,6-7,10-11,14-15,18-19H,2,4-5,8-9,12-13,16-17H2,1H3,(H,32,36)(H,33,37)/t18-/m0/s1. The minimum Gasteiger partial charge on any atom is -0.354 e. The largest absolute Gasteiger partial charge is 0.354 e. The summed E-state index contributed by atoms with van der Waals surface area (Å²) in [6.45, 7) is 3.59.